The van der Waals surface area contributed by atoms with Crippen molar-refractivity contribution in [2.45, 2.75) is 52.7 Å². The Labute approximate surface area is 140 Å². The number of rotatable bonds is 5. The molecule has 1 aliphatic carbocycles. The maximum absolute atomic E-state index is 12.2. The first-order valence-corrected chi connectivity index (χ1v) is 8.32. The van der Waals surface area contributed by atoms with Gasteiger partial charge in [0.15, 0.2) is 0 Å². The van der Waals surface area contributed by atoms with Crippen molar-refractivity contribution in [1.82, 2.24) is 4.57 Å². The molecular weight excluding hydrogens is 312 g/mol. The van der Waals surface area contributed by atoms with Crippen molar-refractivity contribution in [2.24, 2.45) is 17.8 Å². The zero-order valence-electron chi connectivity index (χ0n) is 14.3. The van der Waals surface area contributed by atoms with Crippen molar-refractivity contribution < 1.29 is 14.5 Å². The van der Waals surface area contributed by atoms with Gasteiger partial charge in [-0.15, -0.1) is 0 Å². The highest BCUT2D eigenvalue weighted by molar-refractivity contribution is 5.69. The van der Waals surface area contributed by atoms with Crippen molar-refractivity contribution in [2.75, 3.05) is 0 Å². The van der Waals surface area contributed by atoms with Crippen LogP contribution in [0.2, 0.25) is 0 Å². The first kappa shape index (κ1) is 18.2. The molecule has 7 nitrogen and oxygen atoms in total. The molecule has 0 bridgehead atoms. The van der Waals surface area contributed by atoms with Crippen molar-refractivity contribution in [3.8, 4) is 0 Å². The molecule has 7 heteroatoms. The van der Waals surface area contributed by atoms with Crippen LogP contribution in [-0.2, 0) is 16.1 Å². The van der Waals surface area contributed by atoms with Crippen LogP contribution in [0.15, 0.2) is 23.1 Å². The standard InChI is InChI=1S/C17H24N2O5/c1-11(2)14-6-4-12(3)8-15(14)24-17(21)10-18-9-13(19(22)23)5-7-16(18)20/h5,7,9,11-12,14-15H,4,6,8,10H2,1-3H3/t12-,14-,15-/m0/s1. The van der Waals surface area contributed by atoms with E-state index in [1.807, 2.05) is 0 Å². The van der Waals surface area contributed by atoms with E-state index in [0.717, 1.165) is 42.2 Å². The summed E-state index contributed by atoms with van der Waals surface area (Å²) in [5, 5.41) is 10.8. The van der Waals surface area contributed by atoms with Gasteiger partial charge in [0.2, 0.25) is 0 Å². The number of ether oxygens (including phenoxy) is 1. The molecule has 1 heterocycles. The monoisotopic (exact) mass is 336 g/mol. The first-order valence-electron chi connectivity index (χ1n) is 8.32. The second kappa shape index (κ2) is 7.59. The number of hydrogen-bond acceptors (Lipinski definition) is 5. The summed E-state index contributed by atoms with van der Waals surface area (Å²) in [6.07, 6.45) is 3.89. The highest BCUT2D eigenvalue weighted by Crippen LogP contribution is 2.35. The minimum absolute atomic E-state index is 0.157. The number of carbonyl (C=O) groups excluding carboxylic acids is 1. The summed E-state index contributed by atoms with van der Waals surface area (Å²) in [6, 6.07) is 2.22. The molecule has 0 radical (unpaired) electrons. The van der Waals surface area contributed by atoms with Gasteiger partial charge in [-0.05, 0) is 30.6 Å². The lowest BCUT2D eigenvalue weighted by atomic mass is 9.75. The maximum atomic E-state index is 12.2. The Kier molecular flexibility index (Phi) is 5.75. The van der Waals surface area contributed by atoms with Gasteiger partial charge < -0.3 is 4.74 Å². The normalized spacial score (nSPS) is 23.9. The molecule has 1 aliphatic rings. The molecule has 132 valence electrons. The van der Waals surface area contributed by atoms with Crippen LogP contribution >= 0.6 is 0 Å². The molecule has 0 amide bonds. The number of aromatic nitrogens is 1. The lowest BCUT2D eigenvalue weighted by Gasteiger charge is -2.36. The van der Waals surface area contributed by atoms with Crippen LogP contribution in [0.25, 0.3) is 0 Å². The van der Waals surface area contributed by atoms with E-state index >= 15 is 0 Å². The van der Waals surface area contributed by atoms with Gasteiger partial charge in [0.25, 0.3) is 11.2 Å². The summed E-state index contributed by atoms with van der Waals surface area (Å²) >= 11 is 0. The Balaban J connectivity index is 2.08. The van der Waals surface area contributed by atoms with E-state index in [2.05, 4.69) is 20.8 Å². The van der Waals surface area contributed by atoms with Crippen LogP contribution < -0.4 is 5.56 Å². The molecule has 1 aromatic heterocycles. The minimum atomic E-state index is -0.598. The Bertz CT molecular complexity index is 667. The summed E-state index contributed by atoms with van der Waals surface area (Å²) < 4.78 is 6.65. The number of carbonyl (C=O) groups is 1. The van der Waals surface area contributed by atoms with Crippen LogP contribution in [0.5, 0.6) is 0 Å². The van der Waals surface area contributed by atoms with Gasteiger partial charge >= 0.3 is 5.97 Å². The van der Waals surface area contributed by atoms with Gasteiger partial charge in [-0.3, -0.25) is 24.3 Å². The Morgan fingerprint density at radius 1 is 1.42 bits per heavy atom. The lowest BCUT2D eigenvalue weighted by Crippen LogP contribution is -2.37. The number of esters is 1. The maximum Gasteiger partial charge on any atom is 0.326 e. The summed E-state index contributed by atoms with van der Waals surface area (Å²) in [5.74, 6) is 0.698. The highest BCUT2D eigenvalue weighted by atomic mass is 16.6. The molecule has 0 saturated heterocycles. The van der Waals surface area contributed by atoms with E-state index in [-0.39, 0.29) is 18.3 Å². The number of nitro groups is 1. The second-order valence-electron chi connectivity index (χ2n) is 6.96. The molecular formula is C17H24N2O5. The van der Waals surface area contributed by atoms with E-state index in [1.165, 1.54) is 0 Å². The molecule has 0 N–H and O–H groups in total. The topological polar surface area (TPSA) is 91.4 Å². The van der Waals surface area contributed by atoms with E-state index in [1.54, 1.807) is 0 Å². The zero-order chi connectivity index (χ0) is 17.9. The van der Waals surface area contributed by atoms with Crippen LogP contribution in [0.4, 0.5) is 5.69 Å². The van der Waals surface area contributed by atoms with Crippen LogP contribution in [0.1, 0.15) is 40.0 Å². The zero-order valence-corrected chi connectivity index (χ0v) is 14.3. The Morgan fingerprint density at radius 2 is 2.12 bits per heavy atom. The molecule has 2 rings (SSSR count). The fourth-order valence-corrected chi connectivity index (χ4v) is 3.35. The molecule has 0 spiro atoms. The second-order valence-corrected chi connectivity index (χ2v) is 6.96. The smallest absolute Gasteiger partial charge is 0.326 e. The number of pyridine rings is 1. The third-order valence-corrected chi connectivity index (χ3v) is 4.72. The summed E-state index contributed by atoms with van der Waals surface area (Å²) in [6.45, 7) is 6.07. The van der Waals surface area contributed by atoms with Gasteiger partial charge in [0.1, 0.15) is 12.6 Å². The van der Waals surface area contributed by atoms with Gasteiger partial charge in [0, 0.05) is 12.1 Å². The first-order chi connectivity index (χ1) is 11.3. The quantitative estimate of drug-likeness (QED) is 0.468. The van der Waals surface area contributed by atoms with E-state index in [0.29, 0.717) is 17.8 Å². The van der Waals surface area contributed by atoms with Crippen LogP contribution in [-0.4, -0.2) is 21.6 Å². The summed E-state index contributed by atoms with van der Waals surface area (Å²) in [7, 11) is 0. The molecule has 1 aromatic rings. The predicted molar refractivity (Wildman–Crippen MR) is 88.6 cm³/mol. The van der Waals surface area contributed by atoms with Gasteiger partial charge in [-0.25, -0.2) is 0 Å². The van der Waals surface area contributed by atoms with Crippen LogP contribution in [0, 0.1) is 27.9 Å². The number of hydrogen-bond donors (Lipinski definition) is 0. The fourth-order valence-electron chi connectivity index (χ4n) is 3.35. The lowest BCUT2D eigenvalue weighted by molar-refractivity contribution is -0.385. The molecule has 3 atom stereocenters. The molecule has 1 fully saturated rings. The predicted octanol–water partition coefficient (Wildman–Crippen LogP) is 2.76. The van der Waals surface area contributed by atoms with Crippen molar-refractivity contribution >= 4 is 11.7 Å². The molecule has 24 heavy (non-hydrogen) atoms. The van der Waals surface area contributed by atoms with Crippen LogP contribution in [0.3, 0.4) is 0 Å². The van der Waals surface area contributed by atoms with Gasteiger partial charge in [-0.2, -0.15) is 0 Å². The van der Waals surface area contributed by atoms with E-state index in [4.69, 9.17) is 4.74 Å². The molecule has 0 unspecified atom stereocenters. The largest absolute Gasteiger partial charge is 0.461 e. The fraction of sp³-hybridized carbons (Fsp3) is 0.647. The SMILES string of the molecule is CC(C)[C@@H]1CC[C@H](C)C[C@@H]1OC(=O)Cn1cc([N+](=O)[O-])ccc1=O. The molecule has 0 aromatic carbocycles. The highest BCUT2D eigenvalue weighted by Gasteiger charge is 2.33. The Hall–Kier alpha value is -2.18. The van der Waals surface area contributed by atoms with Crippen molar-refractivity contribution in [1.29, 1.82) is 0 Å². The number of nitrogens with zero attached hydrogens (tertiary/aromatic N) is 2. The average Bonchev–Trinajstić information content (AvgIpc) is 2.48. The molecule has 1 saturated carbocycles. The third kappa shape index (κ3) is 4.43. The van der Waals surface area contributed by atoms with Gasteiger partial charge in [0.05, 0.1) is 11.1 Å². The summed E-state index contributed by atoms with van der Waals surface area (Å²) in [5.41, 5.74) is -0.691. The Morgan fingerprint density at radius 3 is 2.75 bits per heavy atom. The summed E-state index contributed by atoms with van der Waals surface area (Å²) in [4.78, 5) is 34.2. The van der Waals surface area contributed by atoms with Gasteiger partial charge in [-0.1, -0.05) is 27.2 Å². The third-order valence-electron chi connectivity index (χ3n) is 4.72. The van der Waals surface area contributed by atoms with Crippen molar-refractivity contribution in [3.63, 3.8) is 0 Å². The minimum Gasteiger partial charge on any atom is -0.461 e. The molecule has 0 aliphatic heterocycles. The average molecular weight is 336 g/mol. The van der Waals surface area contributed by atoms with Crippen molar-refractivity contribution in [3.05, 3.63) is 38.8 Å². The van der Waals surface area contributed by atoms with E-state index in [9.17, 15) is 19.7 Å². The van der Waals surface area contributed by atoms with E-state index < -0.39 is 16.5 Å².